The molecule has 2 N–H and O–H groups in total. The lowest BCUT2D eigenvalue weighted by molar-refractivity contribution is 0.248. The van der Waals surface area contributed by atoms with Gasteiger partial charge < -0.3 is 5.73 Å². The van der Waals surface area contributed by atoms with E-state index in [4.69, 9.17) is 12.2 Å². The number of terminal acetylenes is 1. The van der Waals surface area contributed by atoms with Crippen molar-refractivity contribution in [3.63, 3.8) is 0 Å². The van der Waals surface area contributed by atoms with E-state index in [1.807, 2.05) is 0 Å². The van der Waals surface area contributed by atoms with Crippen LogP contribution in [0.15, 0.2) is 0 Å². The number of hydrogen-bond donors (Lipinski definition) is 1. The van der Waals surface area contributed by atoms with Gasteiger partial charge in [-0.1, -0.05) is 32.1 Å². The maximum absolute atomic E-state index is 5.83. The van der Waals surface area contributed by atoms with Crippen LogP contribution in [-0.4, -0.2) is 6.04 Å². The van der Waals surface area contributed by atoms with E-state index in [2.05, 4.69) is 12.8 Å². The Labute approximate surface area is 75.7 Å². The molecule has 0 heterocycles. The Morgan fingerprint density at radius 3 is 2.92 bits per heavy atom. The molecule has 0 bridgehead atoms. The zero-order valence-corrected chi connectivity index (χ0v) is 7.92. The molecular weight excluding hydrogens is 146 g/mol. The largest absolute Gasteiger partial charge is 0.317 e. The standard InChI is InChI=1S/C11H19N/c1-3-9-6-5-7-10(8-9)11(12)4-2/h2,9-11H,3,5-8,12H2,1H3. The third-order valence-electron chi connectivity index (χ3n) is 3.10. The van der Waals surface area contributed by atoms with Crippen LogP contribution in [-0.2, 0) is 0 Å². The topological polar surface area (TPSA) is 26.0 Å². The number of nitrogens with two attached hydrogens (primary N) is 1. The van der Waals surface area contributed by atoms with Crippen molar-refractivity contribution in [1.29, 1.82) is 0 Å². The van der Waals surface area contributed by atoms with Crippen LogP contribution in [0.25, 0.3) is 0 Å². The summed E-state index contributed by atoms with van der Waals surface area (Å²) in [6.45, 7) is 2.26. The van der Waals surface area contributed by atoms with Gasteiger partial charge in [0, 0.05) is 0 Å². The van der Waals surface area contributed by atoms with E-state index in [1.54, 1.807) is 0 Å². The van der Waals surface area contributed by atoms with Crippen LogP contribution in [0.3, 0.4) is 0 Å². The normalized spacial score (nSPS) is 32.4. The van der Waals surface area contributed by atoms with Crippen LogP contribution >= 0.6 is 0 Å². The van der Waals surface area contributed by atoms with Crippen molar-refractivity contribution in [3.8, 4) is 12.3 Å². The molecule has 0 aromatic carbocycles. The van der Waals surface area contributed by atoms with Gasteiger partial charge in [0.05, 0.1) is 6.04 Å². The molecule has 1 heteroatoms. The minimum absolute atomic E-state index is 0.000602. The lowest BCUT2D eigenvalue weighted by atomic mass is 9.77. The van der Waals surface area contributed by atoms with Crippen molar-refractivity contribution in [2.24, 2.45) is 17.6 Å². The zero-order valence-electron chi connectivity index (χ0n) is 7.92. The van der Waals surface area contributed by atoms with Crippen LogP contribution < -0.4 is 5.73 Å². The van der Waals surface area contributed by atoms with E-state index in [0.29, 0.717) is 5.92 Å². The first-order chi connectivity index (χ1) is 5.77. The highest BCUT2D eigenvalue weighted by atomic mass is 14.6. The predicted octanol–water partition coefficient (Wildman–Crippen LogP) is 2.16. The lowest BCUT2D eigenvalue weighted by Gasteiger charge is -2.30. The number of hydrogen-bond acceptors (Lipinski definition) is 1. The molecule has 12 heavy (non-hydrogen) atoms. The van der Waals surface area contributed by atoms with Gasteiger partial charge in [0.15, 0.2) is 0 Å². The molecule has 1 nitrogen and oxygen atoms in total. The third kappa shape index (κ3) is 2.25. The smallest absolute Gasteiger partial charge is 0.0690 e. The lowest BCUT2D eigenvalue weighted by Crippen LogP contribution is -2.32. The summed E-state index contributed by atoms with van der Waals surface area (Å²) in [4.78, 5) is 0. The molecule has 0 aromatic rings. The molecule has 1 saturated carbocycles. The third-order valence-corrected chi connectivity index (χ3v) is 3.10. The molecule has 68 valence electrons. The van der Waals surface area contributed by atoms with Crippen molar-refractivity contribution in [3.05, 3.63) is 0 Å². The van der Waals surface area contributed by atoms with Gasteiger partial charge in [-0.25, -0.2) is 0 Å². The highest BCUT2D eigenvalue weighted by Crippen LogP contribution is 2.32. The minimum Gasteiger partial charge on any atom is -0.317 e. The molecule has 3 unspecified atom stereocenters. The Bertz CT molecular complexity index is 168. The average Bonchev–Trinajstić information content (AvgIpc) is 2.17. The summed E-state index contributed by atoms with van der Waals surface area (Å²) in [5, 5.41) is 0. The first kappa shape index (κ1) is 9.61. The highest BCUT2D eigenvalue weighted by molar-refractivity contribution is 5.01. The molecule has 0 spiro atoms. The van der Waals surface area contributed by atoms with Gasteiger partial charge in [0.2, 0.25) is 0 Å². The Hall–Kier alpha value is -0.480. The second-order valence-electron chi connectivity index (χ2n) is 3.89. The van der Waals surface area contributed by atoms with Gasteiger partial charge in [-0.15, -0.1) is 6.42 Å². The Morgan fingerprint density at radius 2 is 2.33 bits per heavy atom. The van der Waals surface area contributed by atoms with Crippen LogP contribution in [0.4, 0.5) is 0 Å². The summed E-state index contributed by atoms with van der Waals surface area (Å²) in [5.74, 6) is 4.13. The van der Waals surface area contributed by atoms with Crippen molar-refractivity contribution in [2.75, 3.05) is 0 Å². The van der Waals surface area contributed by atoms with E-state index in [1.165, 1.54) is 32.1 Å². The van der Waals surface area contributed by atoms with Gasteiger partial charge in [-0.3, -0.25) is 0 Å². The van der Waals surface area contributed by atoms with Crippen LogP contribution in [0.2, 0.25) is 0 Å². The van der Waals surface area contributed by atoms with Crippen LogP contribution in [0.5, 0.6) is 0 Å². The van der Waals surface area contributed by atoms with Gasteiger partial charge in [0.25, 0.3) is 0 Å². The van der Waals surface area contributed by atoms with Gasteiger partial charge in [-0.2, -0.15) is 0 Å². The Morgan fingerprint density at radius 1 is 1.58 bits per heavy atom. The van der Waals surface area contributed by atoms with Crippen LogP contribution in [0, 0.1) is 24.2 Å². The maximum Gasteiger partial charge on any atom is 0.0690 e. The fraction of sp³-hybridized carbons (Fsp3) is 0.818. The van der Waals surface area contributed by atoms with E-state index in [0.717, 1.165) is 5.92 Å². The predicted molar refractivity (Wildman–Crippen MR) is 52.5 cm³/mol. The molecule has 1 fully saturated rings. The Balaban J connectivity index is 2.41. The molecule has 0 radical (unpaired) electrons. The molecular formula is C11H19N. The second kappa shape index (κ2) is 4.52. The fourth-order valence-corrected chi connectivity index (χ4v) is 2.17. The second-order valence-corrected chi connectivity index (χ2v) is 3.89. The van der Waals surface area contributed by atoms with Crippen molar-refractivity contribution < 1.29 is 0 Å². The molecule has 1 aliphatic rings. The summed E-state index contributed by atoms with van der Waals surface area (Å²) in [6.07, 6.45) is 11.8. The highest BCUT2D eigenvalue weighted by Gasteiger charge is 2.24. The zero-order chi connectivity index (χ0) is 8.97. The molecule has 3 atom stereocenters. The Kier molecular flexibility index (Phi) is 3.62. The fourth-order valence-electron chi connectivity index (χ4n) is 2.17. The average molecular weight is 165 g/mol. The van der Waals surface area contributed by atoms with Gasteiger partial charge in [-0.05, 0) is 24.7 Å². The SMILES string of the molecule is C#CC(N)C1CCCC(CC)C1. The van der Waals surface area contributed by atoms with Gasteiger partial charge >= 0.3 is 0 Å². The number of rotatable bonds is 2. The van der Waals surface area contributed by atoms with Gasteiger partial charge in [0.1, 0.15) is 0 Å². The van der Waals surface area contributed by atoms with E-state index in [9.17, 15) is 0 Å². The van der Waals surface area contributed by atoms with E-state index in [-0.39, 0.29) is 6.04 Å². The van der Waals surface area contributed by atoms with Crippen molar-refractivity contribution >= 4 is 0 Å². The minimum atomic E-state index is -0.000602. The molecule has 0 aliphatic heterocycles. The van der Waals surface area contributed by atoms with Crippen molar-refractivity contribution in [2.45, 2.75) is 45.1 Å². The summed E-state index contributed by atoms with van der Waals surface area (Å²) >= 11 is 0. The first-order valence-corrected chi connectivity index (χ1v) is 4.99. The van der Waals surface area contributed by atoms with Crippen molar-refractivity contribution in [1.82, 2.24) is 0 Å². The molecule has 1 aliphatic carbocycles. The summed E-state index contributed by atoms with van der Waals surface area (Å²) in [6, 6.07) is -0.000602. The molecule has 0 amide bonds. The monoisotopic (exact) mass is 165 g/mol. The molecule has 0 aromatic heterocycles. The summed E-state index contributed by atoms with van der Waals surface area (Å²) < 4.78 is 0. The molecule has 1 rings (SSSR count). The summed E-state index contributed by atoms with van der Waals surface area (Å²) in [5.41, 5.74) is 5.83. The van der Waals surface area contributed by atoms with E-state index < -0.39 is 0 Å². The summed E-state index contributed by atoms with van der Waals surface area (Å²) in [7, 11) is 0. The first-order valence-electron chi connectivity index (χ1n) is 4.99. The van der Waals surface area contributed by atoms with E-state index >= 15 is 0 Å². The quantitative estimate of drug-likeness (QED) is 0.623. The molecule has 0 saturated heterocycles. The van der Waals surface area contributed by atoms with Crippen LogP contribution in [0.1, 0.15) is 39.0 Å². The maximum atomic E-state index is 5.83.